The lowest BCUT2D eigenvalue weighted by Gasteiger charge is -2.14. The number of allylic oxidation sites excluding steroid dienone is 1. The number of aromatic nitrogens is 4. The molecule has 38 heavy (non-hydrogen) atoms. The van der Waals surface area contributed by atoms with Crippen LogP contribution in [-0.4, -0.2) is 19.5 Å². The Hall–Kier alpha value is -4.53. The SMILES string of the molecule is CC(=C1c2ccc(Cc3c(C4CC4)nc4c(F)cccn34)cc2COc2cc(F)ccc21)c1noc(=O)[nH]1. The molecule has 0 unspecified atom stereocenters. The van der Waals surface area contributed by atoms with Crippen LogP contribution in [0.1, 0.15) is 65.1 Å². The molecule has 5 aromatic rings. The Morgan fingerprint density at radius 1 is 1.13 bits per heavy atom. The number of ether oxygens (including phenoxy) is 1. The summed E-state index contributed by atoms with van der Waals surface area (Å²) in [5.74, 6) is -0.350. The van der Waals surface area contributed by atoms with Crippen molar-refractivity contribution in [1.82, 2.24) is 19.5 Å². The number of nitrogens with zero attached hydrogens (tertiary/aromatic N) is 3. The number of fused-ring (bicyclic) bond motifs is 3. The van der Waals surface area contributed by atoms with Gasteiger partial charge in [-0.1, -0.05) is 23.4 Å². The van der Waals surface area contributed by atoms with Crippen LogP contribution in [0.2, 0.25) is 0 Å². The van der Waals surface area contributed by atoms with Crippen LogP contribution in [0.4, 0.5) is 8.78 Å². The fraction of sp³-hybridized carbons (Fsp3) is 0.207. The zero-order valence-corrected chi connectivity index (χ0v) is 20.4. The highest BCUT2D eigenvalue weighted by atomic mass is 19.1. The molecule has 190 valence electrons. The third-order valence-electron chi connectivity index (χ3n) is 7.27. The molecule has 0 spiro atoms. The lowest BCUT2D eigenvalue weighted by molar-refractivity contribution is 0.305. The van der Waals surface area contributed by atoms with Crippen LogP contribution in [0.5, 0.6) is 5.75 Å². The summed E-state index contributed by atoms with van der Waals surface area (Å²) in [6, 6.07) is 13.6. The minimum atomic E-state index is -0.657. The van der Waals surface area contributed by atoms with Gasteiger partial charge in [0.05, 0.1) is 11.4 Å². The molecule has 0 saturated heterocycles. The Morgan fingerprint density at radius 2 is 1.97 bits per heavy atom. The second-order valence-corrected chi connectivity index (χ2v) is 9.81. The van der Waals surface area contributed by atoms with Crippen LogP contribution >= 0.6 is 0 Å². The van der Waals surface area contributed by atoms with Gasteiger partial charge in [-0.15, -0.1) is 0 Å². The van der Waals surface area contributed by atoms with Crippen molar-refractivity contribution >= 4 is 16.8 Å². The Kier molecular flexibility index (Phi) is 5.07. The summed E-state index contributed by atoms with van der Waals surface area (Å²) in [7, 11) is 0. The van der Waals surface area contributed by atoms with E-state index in [2.05, 4.69) is 21.2 Å². The standard InChI is InChI=1S/C29H22F2N4O3/c1-15(27-33-29(36)38-34-27)25-20-8-4-16(11-18(20)14-37-24-13-19(30)7-9-21(24)25)12-23-26(17-5-6-17)32-28-22(31)3-2-10-35(23)28/h2-4,7-11,13,17H,5-6,12,14H2,1H3,(H,33,34,36). The molecule has 7 nitrogen and oxygen atoms in total. The van der Waals surface area contributed by atoms with Gasteiger partial charge in [0.1, 0.15) is 18.2 Å². The summed E-state index contributed by atoms with van der Waals surface area (Å²) < 4.78 is 41.3. The Labute approximate surface area is 215 Å². The molecule has 1 saturated carbocycles. The van der Waals surface area contributed by atoms with Gasteiger partial charge in [0.25, 0.3) is 0 Å². The third-order valence-corrected chi connectivity index (χ3v) is 7.27. The quantitative estimate of drug-likeness (QED) is 0.338. The summed E-state index contributed by atoms with van der Waals surface area (Å²) in [6.45, 7) is 2.05. The Bertz CT molecular complexity index is 1830. The van der Waals surface area contributed by atoms with Crippen molar-refractivity contribution < 1.29 is 18.0 Å². The highest BCUT2D eigenvalue weighted by Crippen LogP contribution is 2.43. The normalized spacial score (nSPS) is 16.1. The maximum atomic E-state index is 14.5. The number of imidazole rings is 1. The molecule has 0 atom stereocenters. The Balaban J connectivity index is 1.36. The van der Waals surface area contributed by atoms with Gasteiger partial charge in [-0.05, 0) is 66.3 Å². The van der Waals surface area contributed by atoms with Crippen molar-refractivity contribution in [2.24, 2.45) is 0 Å². The maximum Gasteiger partial charge on any atom is 0.439 e. The lowest BCUT2D eigenvalue weighted by atomic mass is 9.89. The van der Waals surface area contributed by atoms with E-state index in [1.54, 1.807) is 12.1 Å². The molecule has 4 heterocycles. The first-order valence-electron chi connectivity index (χ1n) is 12.4. The van der Waals surface area contributed by atoms with Gasteiger partial charge in [-0.2, -0.15) is 0 Å². The van der Waals surface area contributed by atoms with Crippen molar-refractivity contribution in [3.63, 3.8) is 0 Å². The summed E-state index contributed by atoms with van der Waals surface area (Å²) >= 11 is 0. The van der Waals surface area contributed by atoms with E-state index < -0.39 is 11.6 Å². The highest BCUT2D eigenvalue weighted by Gasteiger charge is 2.31. The van der Waals surface area contributed by atoms with Gasteiger partial charge in [0, 0.05) is 35.7 Å². The molecule has 1 aliphatic carbocycles. The number of benzene rings is 2. The molecule has 1 N–H and O–H groups in total. The van der Waals surface area contributed by atoms with Crippen molar-refractivity contribution in [3.8, 4) is 5.75 Å². The molecule has 3 aromatic heterocycles. The van der Waals surface area contributed by atoms with Crippen LogP contribution in [0.25, 0.3) is 16.8 Å². The van der Waals surface area contributed by atoms with E-state index in [0.29, 0.717) is 40.7 Å². The van der Waals surface area contributed by atoms with Crippen LogP contribution in [-0.2, 0) is 13.0 Å². The fourth-order valence-corrected chi connectivity index (χ4v) is 5.31. The van der Waals surface area contributed by atoms with Gasteiger partial charge in [0.2, 0.25) is 0 Å². The molecular weight excluding hydrogens is 490 g/mol. The molecule has 2 aliphatic rings. The first-order valence-corrected chi connectivity index (χ1v) is 12.4. The smallest absolute Gasteiger partial charge is 0.439 e. The minimum absolute atomic E-state index is 0.225. The van der Waals surface area contributed by atoms with Crippen LogP contribution in [0.15, 0.2) is 64.0 Å². The van der Waals surface area contributed by atoms with Gasteiger partial charge in [-0.25, -0.2) is 18.6 Å². The molecule has 2 aromatic carbocycles. The zero-order chi connectivity index (χ0) is 26.0. The van der Waals surface area contributed by atoms with Gasteiger partial charge in [-0.3, -0.25) is 9.51 Å². The summed E-state index contributed by atoms with van der Waals surface area (Å²) in [6.07, 6.45) is 4.54. The highest BCUT2D eigenvalue weighted by molar-refractivity contribution is 5.99. The predicted molar refractivity (Wildman–Crippen MR) is 136 cm³/mol. The van der Waals surface area contributed by atoms with E-state index in [4.69, 9.17) is 9.26 Å². The number of aromatic amines is 1. The monoisotopic (exact) mass is 512 g/mol. The minimum Gasteiger partial charge on any atom is -0.488 e. The van der Waals surface area contributed by atoms with E-state index in [-0.39, 0.29) is 12.4 Å². The average Bonchev–Trinajstić information content (AvgIpc) is 3.59. The average molecular weight is 513 g/mol. The molecule has 9 heteroatoms. The van der Waals surface area contributed by atoms with Crippen LogP contribution < -0.4 is 10.5 Å². The molecule has 1 aliphatic heterocycles. The van der Waals surface area contributed by atoms with E-state index in [1.165, 1.54) is 18.2 Å². The second kappa shape index (κ2) is 8.51. The maximum absolute atomic E-state index is 14.5. The van der Waals surface area contributed by atoms with Crippen LogP contribution in [0.3, 0.4) is 0 Å². The zero-order valence-electron chi connectivity index (χ0n) is 20.4. The molecule has 0 amide bonds. The number of hydrogen-bond acceptors (Lipinski definition) is 5. The number of hydrogen-bond donors (Lipinski definition) is 1. The van der Waals surface area contributed by atoms with E-state index in [0.717, 1.165) is 46.5 Å². The summed E-state index contributed by atoms with van der Waals surface area (Å²) in [4.78, 5) is 18.9. The third kappa shape index (κ3) is 3.73. The topological polar surface area (TPSA) is 85.4 Å². The van der Waals surface area contributed by atoms with Crippen LogP contribution in [0, 0.1) is 11.6 Å². The summed E-state index contributed by atoms with van der Waals surface area (Å²) in [5, 5.41) is 3.86. The van der Waals surface area contributed by atoms with Gasteiger partial charge < -0.3 is 9.14 Å². The van der Waals surface area contributed by atoms with Crippen molar-refractivity contribution in [2.45, 2.75) is 38.7 Å². The van der Waals surface area contributed by atoms with E-state index in [1.807, 2.05) is 29.7 Å². The fourth-order valence-electron chi connectivity index (χ4n) is 5.31. The van der Waals surface area contributed by atoms with Crippen molar-refractivity contribution in [1.29, 1.82) is 0 Å². The van der Waals surface area contributed by atoms with Gasteiger partial charge >= 0.3 is 5.76 Å². The van der Waals surface area contributed by atoms with Gasteiger partial charge in [0.15, 0.2) is 17.3 Å². The first kappa shape index (κ1) is 22.7. The Morgan fingerprint density at radius 3 is 2.76 bits per heavy atom. The number of rotatable bonds is 4. The number of nitrogens with one attached hydrogen (secondary N) is 1. The molecular formula is C29H22F2N4O3. The number of halogens is 2. The van der Waals surface area contributed by atoms with E-state index in [9.17, 15) is 13.6 Å². The number of pyridine rings is 1. The van der Waals surface area contributed by atoms with Crippen molar-refractivity contribution in [2.75, 3.05) is 0 Å². The first-order chi connectivity index (χ1) is 18.5. The van der Waals surface area contributed by atoms with Crippen molar-refractivity contribution in [3.05, 3.63) is 116 Å². The number of H-pyrrole nitrogens is 1. The molecule has 0 radical (unpaired) electrons. The molecule has 1 fully saturated rings. The summed E-state index contributed by atoms with van der Waals surface area (Å²) in [5.41, 5.74) is 7.19. The molecule has 7 rings (SSSR count). The van der Waals surface area contributed by atoms with E-state index >= 15 is 0 Å². The second-order valence-electron chi connectivity index (χ2n) is 9.81. The molecule has 0 bridgehead atoms. The predicted octanol–water partition coefficient (Wildman–Crippen LogP) is 5.63. The largest absolute Gasteiger partial charge is 0.488 e. The lowest BCUT2D eigenvalue weighted by Crippen LogP contribution is -2.02.